The summed E-state index contributed by atoms with van der Waals surface area (Å²) < 4.78 is 8.03. The lowest BCUT2D eigenvalue weighted by Crippen LogP contribution is -2.41. The van der Waals surface area contributed by atoms with Gasteiger partial charge in [-0.25, -0.2) is 9.48 Å². The highest BCUT2D eigenvalue weighted by atomic mass is 16.5. The standard InChI is InChI=1S/C16H21N5O3/c1-11-9-12(18-24-11)10-20-16(23)21-13(5-4-6-14(21)17-20)15(22)19-7-2-3-8-19/h9,13H,2-8,10H2,1H3/t13-/m1/s1. The lowest BCUT2D eigenvalue weighted by Gasteiger charge is -2.27. The average molecular weight is 331 g/mol. The average Bonchev–Trinajstić information content (AvgIpc) is 3.29. The Balaban J connectivity index is 1.64. The highest BCUT2D eigenvalue weighted by Gasteiger charge is 2.34. The van der Waals surface area contributed by atoms with Crippen molar-refractivity contribution >= 4 is 5.91 Å². The number of amides is 1. The van der Waals surface area contributed by atoms with Gasteiger partial charge in [-0.2, -0.15) is 5.10 Å². The van der Waals surface area contributed by atoms with E-state index in [1.54, 1.807) is 10.6 Å². The highest BCUT2D eigenvalue weighted by molar-refractivity contribution is 5.80. The van der Waals surface area contributed by atoms with Crippen LogP contribution < -0.4 is 5.69 Å². The molecule has 0 unspecified atom stereocenters. The molecule has 2 aliphatic heterocycles. The molecule has 24 heavy (non-hydrogen) atoms. The number of aryl methyl sites for hydroxylation is 2. The Bertz CT molecular complexity index is 812. The van der Waals surface area contributed by atoms with Crippen molar-refractivity contribution in [1.29, 1.82) is 0 Å². The van der Waals surface area contributed by atoms with Crippen molar-refractivity contribution in [3.63, 3.8) is 0 Å². The van der Waals surface area contributed by atoms with Gasteiger partial charge in [0.15, 0.2) is 0 Å². The molecule has 8 heteroatoms. The quantitative estimate of drug-likeness (QED) is 0.834. The van der Waals surface area contributed by atoms with Gasteiger partial charge in [0.05, 0.1) is 6.54 Å². The second-order valence-electron chi connectivity index (χ2n) is 6.60. The lowest BCUT2D eigenvalue weighted by atomic mass is 10.0. The third-order valence-electron chi connectivity index (χ3n) is 4.82. The van der Waals surface area contributed by atoms with E-state index in [0.717, 1.165) is 38.8 Å². The van der Waals surface area contributed by atoms with Gasteiger partial charge in [-0.15, -0.1) is 0 Å². The zero-order chi connectivity index (χ0) is 16.7. The maximum absolute atomic E-state index is 12.8. The van der Waals surface area contributed by atoms with E-state index in [0.29, 0.717) is 23.7 Å². The molecule has 0 aromatic carbocycles. The molecule has 2 aromatic heterocycles. The Morgan fingerprint density at radius 1 is 1.33 bits per heavy atom. The molecule has 4 heterocycles. The smallest absolute Gasteiger partial charge is 0.347 e. The minimum atomic E-state index is -0.410. The van der Waals surface area contributed by atoms with E-state index < -0.39 is 6.04 Å². The first kappa shape index (κ1) is 15.2. The first-order valence-electron chi connectivity index (χ1n) is 8.52. The predicted octanol–water partition coefficient (Wildman–Crippen LogP) is 0.889. The SMILES string of the molecule is Cc1cc(Cn2nc3n(c2=O)[C@@H](C(=O)N2CCCC2)CCC3)no1. The summed E-state index contributed by atoms with van der Waals surface area (Å²) in [6.07, 6.45) is 4.40. The number of aromatic nitrogens is 4. The Hall–Kier alpha value is -2.38. The summed E-state index contributed by atoms with van der Waals surface area (Å²) in [5, 5.41) is 8.35. The summed E-state index contributed by atoms with van der Waals surface area (Å²) in [5.41, 5.74) is 0.426. The molecule has 0 spiro atoms. The molecular formula is C16H21N5O3. The normalized spacial score (nSPS) is 20.4. The fourth-order valence-corrected chi connectivity index (χ4v) is 3.66. The van der Waals surface area contributed by atoms with Gasteiger partial charge in [-0.3, -0.25) is 9.36 Å². The molecule has 128 valence electrons. The Morgan fingerprint density at radius 2 is 2.12 bits per heavy atom. The van der Waals surface area contributed by atoms with Crippen molar-refractivity contribution in [1.82, 2.24) is 24.4 Å². The van der Waals surface area contributed by atoms with E-state index in [2.05, 4.69) is 10.3 Å². The molecule has 0 N–H and O–H groups in total. The third kappa shape index (κ3) is 2.55. The van der Waals surface area contributed by atoms with Gasteiger partial charge in [0.2, 0.25) is 5.91 Å². The molecule has 1 fully saturated rings. The molecule has 0 bridgehead atoms. The van der Waals surface area contributed by atoms with Crippen LogP contribution in [-0.4, -0.2) is 43.4 Å². The van der Waals surface area contributed by atoms with E-state index in [4.69, 9.17) is 4.52 Å². The summed E-state index contributed by atoms with van der Waals surface area (Å²) in [6.45, 7) is 3.67. The van der Waals surface area contributed by atoms with Gasteiger partial charge in [-0.1, -0.05) is 5.16 Å². The van der Waals surface area contributed by atoms with Crippen molar-refractivity contribution in [2.45, 2.75) is 51.6 Å². The van der Waals surface area contributed by atoms with Crippen molar-refractivity contribution < 1.29 is 9.32 Å². The Kier molecular flexibility index (Phi) is 3.74. The van der Waals surface area contributed by atoms with Gasteiger partial charge in [0.1, 0.15) is 23.3 Å². The van der Waals surface area contributed by atoms with Gasteiger partial charge < -0.3 is 9.42 Å². The molecule has 8 nitrogen and oxygen atoms in total. The van der Waals surface area contributed by atoms with Crippen LogP contribution in [-0.2, 0) is 17.8 Å². The highest BCUT2D eigenvalue weighted by Crippen LogP contribution is 2.25. The van der Waals surface area contributed by atoms with Crippen LogP contribution in [0.4, 0.5) is 0 Å². The molecular weight excluding hydrogens is 310 g/mol. The molecule has 1 atom stereocenters. The van der Waals surface area contributed by atoms with Crippen molar-refractivity contribution in [2.75, 3.05) is 13.1 Å². The van der Waals surface area contributed by atoms with Crippen LogP contribution in [0.3, 0.4) is 0 Å². The Morgan fingerprint density at radius 3 is 2.83 bits per heavy atom. The van der Waals surface area contributed by atoms with E-state index >= 15 is 0 Å². The van der Waals surface area contributed by atoms with Gasteiger partial charge in [-0.05, 0) is 32.6 Å². The van der Waals surface area contributed by atoms with Crippen molar-refractivity contribution in [3.05, 3.63) is 33.8 Å². The number of hydrogen-bond donors (Lipinski definition) is 0. The molecule has 1 saturated heterocycles. The number of likely N-dealkylation sites (tertiary alicyclic amines) is 1. The minimum Gasteiger partial charge on any atom is -0.361 e. The number of nitrogens with zero attached hydrogens (tertiary/aromatic N) is 5. The van der Waals surface area contributed by atoms with Crippen LogP contribution in [0.2, 0.25) is 0 Å². The molecule has 1 amide bonds. The lowest BCUT2D eigenvalue weighted by molar-refractivity contribution is -0.134. The summed E-state index contributed by atoms with van der Waals surface area (Å²) in [4.78, 5) is 27.5. The molecule has 0 saturated carbocycles. The fourth-order valence-electron chi connectivity index (χ4n) is 3.66. The number of hydrogen-bond acceptors (Lipinski definition) is 5. The Labute approximate surface area is 139 Å². The summed E-state index contributed by atoms with van der Waals surface area (Å²) >= 11 is 0. The van der Waals surface area contributed by atoms with Gasteiger partial charge >= 0.3 is 5.69 Å². The summed E-state index contributed by atoms with van der Waals surface area (Å²) in [5.74, 6) is 1.46. The van der Waals surface area contributed by atoms with Crippen LogP contribution >= 0.6 is 0 Å². The second kappa shape index (κ2) is 5.92. The molecule has 2 aliphatic rings. The van der Waals surface area contributed by atoms with Crippen LogP contribution in [0.5, 0.6) is 0 Å². The summed E-state index contributed by atoms with van der Waals surface area (Å²) in [7, 11) is 0. The van der Waals surface area contributed by atoms with Crippen LogP contribution in [0.15, 0.2) is 15.4 Å². The third-order valence-corrected chi connectivity index (χ3v) is 4.82. The van der Waals surface area contributed by atoms with E-state index in [9.17, 15) is 9.59 Å². The monoisotopic (exact) mass is 331 g/mol. The molecule has 4 rings (SSSR count). The van der Waals surface area contributed by atoms with Crippen LogP contribution in [0.25, 0.3) is 0 Å². The number of carbonyl (C=O) groups excluding carboxylic acids is 1. The predicted molar refractivity (Wildman–Crippen MR) is 84.6 cm³/mol. The number of carbonyl (C=O) groups is 1. The van der Waals surface area contributed by atoms with Crippen LogP contribution in [0, 0.1) is 6.92 Å². The van der Waals surface area contributed by atoms with E-state index in [1.165, 1.54) is 4.68 Å². The van der Waals surface area contributed by atoms with Crippen LogP contribution in [0.1, 0.15) is 49.0 Å². The van der Waals surface area contributed by atoms with Gasteiger partial charge in [0.25, 0.3) is 0 Å². The van der Waals surface area contributed by atoms with Crippen molar-refractivity contribution in [2.24, 2.45) is 0 Å². The second-order valence-corrected chi connectivity index (χ2v) is 6.60. The molecule has 0 radical (unpaired) electrons. The van der Waals surface area contributed by atoms with E-state index in [1.807, 2.05) is 11.8 Å². The zero-order valence-corrected chi connectivity index (χ0v) is 13.8. The maximum atomic E-state index is 12.8. The fraction of sp³-hybridized carbons (Fsp3) is 0.625. The first-order chi connectivity index (χ1) is 11.6. The van der Waals surface area contributed by atoms with Gasteiger partial charge in [0, 0.05) is 25.6 Å². The van der Waals surface area contributed by atoms with Crippen molar-refractivity contribution in [3.8, 4) is 0 Å². The number of rotatable bonds is 3. The molecule has 0 aliphatic carbocycles. The minimum absolute atomic E-state index is 0.0624. The molecule has 2 aromatic rings. The van der Waals surface area contributed by atoms with E-state index in [-0.39, 0.29) is 18.1 Å². The zero-order valence-electron chi connectivity index (χ0n) is 13.8. The largest absolute Gasteiger partial charge is 0.361 e. The number of fused-ring (bicyclic) bond motifs is 1. The maximum Gasteiger partial charge on any atom is 0.347 e. The summed E-state index contributed by atoms with van der Waals surface area (Å²) in [6, 6.07) is 1.38. The topological polar surface area (TPSA) is 86.2 Å². The first-order valence-corrected chi connectivity index (χ1v) is 8.52.